The average molecular weight is 429 g/mol. The summed E-state index contributed by atoms with van der Waals surface area (Å²) in [5.41, 5.74) is 3.84. The number of esters is 1. The SMILES string of the molecule is CC(C)OC(=O)C1=C(N2CCc3ccccc3C2)OC(=Cc2c[nH]c3ncccc23)C1=O. The summed E-state index contributed by atoms with van der Waals surface area (Å²) >= 11 is 0. The molecular formula is C25H23N3O4. The molecule has 0 radical (unpaired) electrons. The molecule has 7 heteroatoms. The monoisotopic (exact) mass is 429 g/mol. The lowest BCUT2D eigenvalue weighted by Gasteiger charge is -2.30. The number of carbonyl (C=O) groups is 2. The van der Waals surface area contributed by atoms with Crippen molar-refractivity contribution in [2.24, 2.45) is 0 Å². The number of aromatic amines is 1. The van der Waals surface area contributed by atoms with Gasteiger partial charge in [-0.15, -0.1) is 0 Å². The Labute approximate surface area is 185 Å². The molecular weight excluding hydrogens is 406 g/mol. The van der Waals surface area contributed by atoms with Gasteiger partial charge < -0.3 is 19.4 Å². The van der Waals surface area contributed by atoms with Crippen molar-refractivity contribution < 1.29 is 19.1 Å². The number of benzene rings is 1. The van der Waals surface area contributed by atoms with E-state index in [4.69, 9.17) is 9.47 Å². The Kier molecular flexibility index (Phi) is 5.01. The summed E-state index contributed by atoms with van der Waals surface area (Å²) in [7, 11) is 0. The van der Waals surface area contributed by atoms with Gasteiger partial charge in [0.25, 0.3) is 0 Å². The molecule has 0 amide bonds. The number of carbonyl (C=O) groups excluding carboxylic acids is 2. The lowest BCUT2D eigenvalue weighted by atomic mass is 10.00. The first-order valence-electron chi connectivity index (χ1n) is 10.6. The average Bonchev–Trinajstić information content (AvgIpc) is 3.34. The number of H-pyrrole nitrogens is 1. The van der Waals surface area contributed by atoms with Crippen LogP contribution in [-0.4, -0.2) is 39.3 Å². The topological polar surface area (TPSA) is 84.5 Å². The zero-order valence-electron chi connectivity index (χ0n) is 17.9. The van der Waals surface area contributed by atoms with Gasteiger partial charge in [0, 0.05) is 36.4 Å². The Hall–Kier alpha value is -3.87. The summed E-state index contributed by atoms with van der Waals surface area (Å²) in [5.74, 6) is -0.774. The zero-order valence-corrected chi connectivity index (χ0v) is 17.9. The second-order valence-electron chi connectivity index (χ2n) is 8.16. The first-order chi connectivity index (χ1) is 15.5. The molecule has 3 aromatic rings. The molecule has 5 rings (SSSR count). The van der Waals surface area contributed by atoms with Crippen LogP contribution in [0.1, 0.15) is 30.5 Å². The number of hydrogen-bond acceptors (Lipinski definition) is 6. The Morgan fingerprint density at radius 1 is 1.22 bits per heavy atom. The lowest BCUT2D eigenvalue weighted by molar-refractivity contribution is -0.143. The van der Waals surface area contributed by atoms with Gasteiger partial charge in [-0.1, -0.05) is 24.3 Å². The third-order valence-electron chi connectivity index (χ3n) is 5.61. The predicted octanol–water partition coefficient (Wildman–Crippen LogP) is 3.72. The standard InChI is InChI=1S/C25H23N3O4/c1-15(2)31-25(30)21-22(29)20(12-18-13-27-23-19(18)8-5-10-26-23)32-24(21)28-11-9-16-6-3-4-7-17(16)14-28/h3-8,10,12-13,15H,9,11,14H2,1-2H3,(H,26,27). The van der Waals surface area contributed by atoms with E-state index in [1.807, 2.05) is 29.2 Å². The van der Waals surface area contributed by atoms with Crippen LogP contribution in [0.2, 0.25) is 0 Å². The molecule has 2 aliphatic rings. The number of ketones is 1. The molecule has 0 atom stereocenters. The molecule has 0 bridgehead atoms. The number of ether oxygens (including phenoxy) is 2. The van der Waals surface area contributed by atoms with Crippen LogP contribution < -0.4 is 0 Å². The highest BCUT2D eigenvalue weighted by Crippen LogP contribution is 2.34. The van der Waals surface area contributed by atoms with Crippen LogP contribution in [0.15, 0.2) is 66.0 Å². The van der Waals surface area contributed by atoms with Crippen LogP contribution in [0.3, 0.4) is 0 Å². The third-order valence-corrected chi connectivity index (χ3v) is 5.61. The summed E-state index contributed by atoms with van der Waals surface area (Å²) in [4.78, 5) is 35.5. The molecule has 0 fully saturated rings. The second kappa shape index (κ2) is 8.00. The van der Waals surface area contributed by atoms with Gasteiger partial charge in [0.05, 0.1) is 6.10 Å². The Morgan fingerprint density at radius 3 is 2.84 bits per heavy atom. The van der Waals surface area contributed by atoms with Crippen LogP contribution in [-0.2, 0) is 32.0 Å². The normalized spacial score (nSPS) is 17.3. The van der Waals surface area contributed by atoms with E-state index < -0.39 is 11.8 Å². The number of nitrogens with zero attached hydrogens (tertiary/aromatic N) is 2. The number of pyridine rings is 1. The number of hydrogen-bond donors (Lipinski definition) is 1. The van der Waals surface area contributed by atoms with E-state index in [2.05, 4.69) is 22.1 Å². The van der Waals surface area contributed by atoms with Crippen molar-refractivity contribution in [1.29, 1.82) is 0 Å². The largest absolute Gasteiger partial charge is 0.459 e. The van der Waals surface area contributed by atoms with E-state index in [9.17, 15) is 9.59 Å². The highest BCUT2D eigenvalue weighted by Gasteiger charge is 2.40. The molecule has 0 aliphatic carbocycles. The van der Waals surface area contributed by atoms with Crippen molar-refractivity contribution in [3.8, 4) is 0 Å². The van der Waals surface area contributed by atoms with Crippen molar-refractivity contribution in [3.05, 3.63) is 82.7 Å². The number of nitrogens with one attached hydrogen (secondary N) is 1. The lowest BCUT2D eigenvalue weighted by Crippen LogP contribution is -2.32. The molecule has 0 saturated carbocycles. The summed E-state index contributed by atoms with van der Waals surface area (Å²) in [6.45, 7) is 4.71. The summed E-state index contributed by atoms with van der Waals surface area (Å²) in [5, 5.41) is 0.864. The van der Waals surface area contributed by atoms with Crippen molar-refractivity contribution in [2.75, 3.05) is 6.54 Å². The fourth-order valence-electron chi connectivity index (χ4n) is 4.10. The Bertz CT molecular complexity index is 1290. The minimum Gasteiger partial charge on any atom is -0.459 e. The molecule has 162 valence electrons. The van der Waals surface area contributed by atoms with Gasteiger partial charge in [-0.25, -0.2) is 9.78 Å². The summed E-state index contributed by atoms with van der Waals surface area (Å²) in [6, 6.07) is 11.9. The maximum atomic E-state index is 13.3. The van der Waals surface area contributed by atoms with Crippen molar-refractivity contribution >= 4 is 28.9 Å². The van der Waals surface area contributed by atoms with Crippen molar-refractivity contribution in [3.63, 3.8) is 0 Å². The molecule has 1 N–H and O–H groups in total. The summed E-state index contributed by atoms with van der Waals surface area (Å²) in [6.07, 6.45) is 5.57. The quantitative estimate of drug-likeness (QED) is 0.387. The van der Waals surface area contributed by atoms with E-state index in [0.717, 1.165) is 22.9 Å². The molecule has 1 aromatic carbocycles. The predicted molar refractivity (Wildman–Crippen MR) is 119 cm³/mol. The van der Waals surface area contributed by atoms with Gasteiger partial charge in [-0.05, 0) is 49.6 Å². The number of allylic oxidation sites excluding steroid dienone is 1. The number of Topliss-reactive ketones (excluding diaryl/α,β-unsaturated/α-hetero) is 1. The molecule has 0 spiro atoms. The summed E-state index contributed by atoms with van der Waals surface area (Å²) < 4.78 is 11.4. The first kappa shape index (κ1) is 20.1. The second-order valence-corrected chi connectivity index (χ2v) is 8.16. The molecule has 32 heavy (non-hydrogen) atoms. The minimum atomic E-state index is -0.664. The van der Waals surface area contributed by atoms with E-state index in [1.54, 1.807) is 32.3 Å². The highest BCUT2D eigenvalue weighted by molar-refractivity contribution is 6.26. The van der Waals surface area contributed by atoms with Crippen molar-refractivity contribution in [1.82, 2.24) is 14.9 Å². The van der Waals surface area contributed by atoms with E-state index in [-0.39, 0.29) is 23.3 Å². The van der Waals surface area contributed by atoms with E-state index >= 15 is 0 Å². The molecule has 4 heterocycles. The molecule has 2 aromatic heterocycles. The maximum Gasteiger partial charge on any atom is 0.348 e. The van der Waals surface area contributed by atoms with Gasteiger partial charge >= 0.3 is 5.97 Å². The highest BCUT2D eigenvalue weighted by atomic mass is 16.6. The van der Waals surface area contributed by atoms with Gasteiger partial charge in [0.2, 0.25) is 11.7 Å². The van der Waals surface area contributed by atoms with Gasteiger partial charge in [0.1, 0.15) is 5.65 Å². The first-order valence-corrected chi connectivity index (χ1v) is 10.6. The van der Waals surface area contributed by atoms with Crippen LogP contribution in [0.4, 0.5) is 0 Å². The van der Waals surface area contributed by atoms with E-state index in [0.29, 0.717) is 18.7 Å². The number of fused-ring (bicyclic) bond motifs is 2. The van der Waals surface area contributed by atoms with Crippen LogP contribution in [0.5, 0.6) is 0 Å². The Balaban J connectivity index is 1.52. The molecule has 0 unspecified atom stereocenters. The minimum absolute atomic E-state index is 0.0534. The smallest absolute Gasteiger partial charge is 0.348 e. The zero-order chi connectivity index (χ0) is 22.2. The molecule has 0 saturated heterocycles. The maximum absolute atomic E-state index is 13.3. The third kappa shape index (κ3) is 3.56. The van der Waals surface area contributed by atoms with Crippen LogP contribution in [0.25, 0.3) is 17.1 Å². The van der Waals surface area contributed by atoms with Crippen LogP contribution >= 0.6 is 0 Å². The van der Waals surface area contributed by atoms with Crippen LogP contribution in [0, 0.1) is 0 Å². The number of rotatable bonds is 4. The van der Waals surface area contributed by atoms with E-state index in [1.165, 1.54) is 5.56 Å². The molecule has 2 aliphatic heterocycles. The van der Waals surface area contributed by atoms with Gasteiger partial charge in [-0.3, -0.25) is 4.79 Å². The van der Waals surface area contributed by atoms with Gasteiger partial charge in [-0.2, -0.15) is 0 Å². The molecule has 7 nitrogen and oxygen atoms in total. The van der Waals surface area contributed by atoms with Crippen molar-refractivity contribution in [2.45, 2.75) is 32.9 Å². The fraction of sp³-hybridized carbons (Fsp3) is 0.240. The number of aromatic nitrogens is 2. The Morgan fingerprint density at radius 2 is 2.03 bits per heavy atom. The van der Waals surface area contributed by atoms with Gasteiger partial charge in [0.15, 0.2) is 11.3 Å². The fourth-order valence-corrected chi connectivity index (χ4v) is 4.10.